The predicted octanol–water partition coefficient (Wildman–Crippen LogP) is 4.04. The van der Waals surface area contributed by atoms with E-state index in [2.05, 4.69) is 15.5 Å². The second-order valence-corrected chi connectivity index (χ2v) is 6.04. The van der Waals surface area contributed by atoms with Crippen molar-refractivity contribution >= 4 is 17.5 Å². The quantitative estimate of drug-likeness (QED) is 0.678. The number of carbonyl (C=O) groups excluding carboxylic acids is 1. The Morgan fingerprint density at radius 1 is 1.15 bits per heavy atom. The summed E-state index contributed by atoms with van der Waals surface area (Å²) in [4.78, 5) is 12.2. The molecule has 7 heteroatoms. The molecule has 0 aliphatic heterocycles. The Hall–Kier alpha value is -2.86. The molecule has 0 fully saturated rings. The van der Waals surface area contributed by atoms with Crippen molar-refractivity contribution in [3.8, 4) is 17.5 Å². The third kappa shape index (κ3) is 4.61. The first kappa shape index (κ1) is 17.9. The van der Waals surface area contributed by atoms with E-state index in [-0.39, 0.29) is 24.6 Å². The van der Waals surface area contributed by atoms with Gasteiger partial charge in [0.2, 0.25) is 0 Å². The molecule has 0 spiro atoms. The maximum atomic E-state index is 12.2. The summed E-state index contributed by atoms with van der Waals surface area (Å²) < 4.78 is 10.7. The fraction of sp³-hybridized carbons (Fsp3) is 0.211. The van der Waals surface area contributed by atoms with Gasteiger partial charge in [-0.25, -0.2) is 0 Å². The van der Waals surface area contributed by atoms with Crippen LogP contribution in [-0.4, -0.2) is 22.7 Å². The van der Waals surface area contributed by atoms with Crippen LogP contribution in [0.3, 0.4) is 0 Å². The van der Waals surface area contributed by atoms with Crippen molar-refractivity contribution < 1.29 is 13.9 Å². The molecule has 26 heavy (non-hydrogen) atoms. The molecule has 1 aromatic heterocycles. The Morgan fingerprint density at radius 2 is 1.88 bits per heavy atom. The van der Waals surface area contributed by atoms with Gasteiger partial charge in [0.15, 0.2) is 6.61 Å². The van der Waals surface area contributed by atoms with Gasteiger partial charge in [0, 0.05) is 10.6 Å². The van der Waals surface area contributed by atoms with Crippen molar-refractivity contribution in [3.63, 3.8) is 0 Å². The molecule has 0 saturated carbocycles. The number of hydrogen-bond donors (Lipinski definition) is 1. The highest BCUT2D eigenvalue weighted by atomic mass is 35.5. The minimum Gasteiger partial charge on any atom is -0.439 e. The molecule has 1 unspecified atom stereocenters. The summed E-state index contributed by atoms with van der Waals surface area (Å²) in [6.45, 7) is 1.78. The highest BCUT2D eigenvalue weighted by molar-refractivity contribution is 6.30. The van der Waals surface area contributed by atoms with E-state index in [1.165, 1.54) is 0 Å². The lowest BCUT2D eigenvalue weighted by Crippen LogP contribution is -2.32. The number of hydrogen-bond acceptors (Lipinski definition) is 5. The zero-order chi connectivity index (χ0) is 18.4. The number of nitrogens with one attached hydrogen (secondary N) is 1. The van der Waals surface area contributed by atoms with Crippen LogP contribution in [0.15, 0.2) is 59.0 Å². The minimum atomic E-state index is -0.272. The molecule has 6 nitrogen and oxygen atoms in total. The molecule has 0 bridgehead atoms. The molecule has 3 aromatic rings. The topological polar surface area (TPSA) is 77.2 Å². The zero-order valence-corrected chi connectivity index (χ0v) is 14.9. The number of nitrogens with zero attached hydrogens (tertiary/aromatic N) is 2. The lowest BCUT2D eigenvalue weighted by Gasteiger charge is -2.17. The Bertz CT molecular complexity index is 850. The molecule has 2 aromatic carbocycles. The molecule has 3 rings (SSSR count). The van der Waals surface area contributed by atoms with E-state index in [9.17, 15) is 4.79 Å². The van der Waals surface area contributed by atoms with Crippen LogP contribution in [-0.2, 0) is 4.79 Å². The Morgan fingerprint density at radius 3 is 2.58 bits per heavy atom. The number of amides is 1. The van der Waals surface area contributed by atoms with Gasteiger partial charge >= 0.3 is 6.08 Å². The van der Waals surface area contributed by atoms with Gasteiger partial charge in [-0.1, -0.05) is 54.0 Å². The molecule has 1 N–H and O–H groups in total. The molecular formula is C19H18ClN3O3. The lowest BCUT2D eigenvalue weighted by molar-refractivity contribution is -0.124. The maximum absolute atomic E-state index is 12.2. The zero-order valence-electron chi connectivity index (χ0n) is 14.2. The average molecular weight is 372 g/mol. The van der Waals surface area contributed by atoms with Crippen LogP contribution in [0.5, 0.6) is 6.08 Å². The van der Waals surface area contributed by atoms with Crippen molar-refractivity contribution in [3.05, 3.63) is 65.2 Å². The van der Waals surface area contributed by atoms with Crippen LogP contribution in [0.1, 0.15) is 24.9 Å². The first-order chi connectivity index (χ1) is 12.7. The summed E-state index contributed by atoms with van der Waals surface area (Å²) in [6, 6.07) is 16.6. The minimum absolute atomic E-state index is 0.0430. The SMILES string of the molecule is CCC(NC(=O)COc1nnc(-c2ccccc2)o1)c1ccc(Cl)cc1. The summed E-state index contributed by atoms with van der Waals surface area (Å²) >= 11 is 5.90. The largest absolute Gasteiger partial charge is 0.439 e. The Kier molecular flexibility index (Phi) is 5.86. The van der Waals surface area contributed by atoms with Gasteiger partial charge in [0.05, 0.1) is 6.04 Å². The first-order valence-electron chi connectivity index (χ1n) is 8.22. The molecule has 1 heterocycles. The third-order valence-electron chi connectivity index (χ3n) is 3.77. The Balaban J connectivity index is 1.55. The van der Waals surface area contributed by atoms with E-state index in [0.29, 0.717) is 10.9 Å². The smallest absolute Gasteiger partial charge is 0.415 e. The van der Waals surface area contributed by atoms with Crippen LogP contribution in [0.2, 0.25) is 5.02 Å². The van der Waals surface area contributed by atoms with Gasteiger partial charge in [-0.3, -0.25) is 4.79 Å². The summed E-state index contributed by atoms with van der Waals surface area (Å²) in [7, 11) is 0. The van der Waals surface area contributed by atoms with Crippen LogP contribution < -0.4 is 10.1 Å². The second kappa shape index (κ2) is 8.49. The van der Waals surface area contributed by atoms with E-state index >= 15 is 0 Å². The number of carbonyl (C=O) groups is 1. The molecule has 134 valence electrons. The van der Waals surface area contributed by atoms with Crippen LogP contribution in [0, 0.1) is 0 Å². The van der Waals surface area contributed by atoms with E-state index in [1.54, 1.807) is 12.1 Å². The highest BCUT2D eigenvalue weighted by Gasteiger charge is 2.15. The number of aromatic nitrogens is 2. The van der Waals surface area contributed by atoms with Crippen molar-refractivity contribution in [1.29, 1.82) is 0 Å². The van der Waals surface area contributed by atoms with Gasteiger partial charge in [0.1, 0.15) is 0 Å². The van der Waals surface area contributed by atoms with Gasteiger partial charge in [-0.15, -0.1) is 5.10 Å². The first-order valence-corrected chi connectivity index (χ1v) is 8.60. The number of benzene rings is 2. The molecular weight excluding hydrogens is 354 g/mol. The average Bonchev–Trinajstić information content (AvgIpc) is 3.15. The van der Waals surface area contributed by atoms with Crippen molar-refractivity contribution in [1.82, 2.24) is 15.5 Å². The normalized spacial score (nSPS) is 11.8. The molecule has 1 atom stereocenters. The van der Waals surface area contributed by atoms with Gasteiger partial charge in [-0.2, -0.15) is 0 Å². The fourth-order valence-corrected chi connectivity index (χ4v) is 2.57. The molecule has 1 amide bonds. The number of halogens is 1. The fourth-order valence-electron chi connectivity index (χ4n) is 2.44. The molecule has 0 aliphatic rings. The summed E-state index contributed by atoms with van der Waals surface area (Å²) in [6.07, 6.45) is 0.699. The Labute approximate surface area is 156 Å². The number of ether oxygens (including phenoxy) is 1. The maximum Gasteiger partial charge on any atom is 0.415 e. The van der Waals surface area contributed by atoms with Crippen molar-refractivity contribution in [2.45, 2.75) is 19.4 Å². The van der Waals surface area contributed by atoms with Gasteiger partial charge < -0.3 is 14.5 Å². The monoisotopic (exact) mass is 371 g/mol. The predicted molar refractivity (Wildman–Crippen MR) is 97.9 cm³/mol. The van der Waals surface area contributed by atoms with Crippen LogP contribution >= 0.6 is 11.6 Å². The highest BCUT2D eigenvalue weighted by Crippen LogP contribution is 2.21. The second-order valence-electron chi connectivity index (χ2n) is 5.61. The molecule has 0 radical (unpaired) electrons. The lowest BCUT2D eigenvalue weighted by atomic mass is 10.0. The third-order valence-corrected chi connectivity index (χ3v) is 4.02. The van der Waals surface area contributed by atoms with Crippen LogP contribution in [0.4, 0.5) is 0 Å². The van der Waals surface area contributed by atoms with E-state index in [0.717, 1.165) is 17.5 Å². The van der Waals surface area contributed by atoms with Crippen molar-refractivity contribution in [2.75, 3.05) is 6.61 Å². The van der Waals surface area contributed by atoms with E-state index < -0.39 is 0 Å². The summed E-state index contributed by atoms with van der Waals surface area (Å²) in [5.74, 6) is 0.0693. The number of rotatable bonds is 7. The van der Waals surface area contributed by atoms with E-state index in [4.69, 9.17) is 20.8 Å². The van der Waals surface area contributed by atoms with Gasteiger partial charge in [0.25, 0.3) is 11.8 Å². The van der Waals surface area contributed by atoms with Gasteiger partial charge in [-0.05, 0) is 36.2 Å². The standard InChI is InChI=1S/C19H18ClN3O3/c1-2-16(13-8-10-15(20)11-9-13)21-17(24)12-25-19-23-22-18(26-19)14-6-4-3-5-7-14/h3-11,16H,2,12H2,1H3,(H,21,24). The van der Waals surface area contributed by atoms with Crippen molar-refractivity contribution in [2.24, 2.45) is 0 Å². The molecule has 0 saturated heterocycles. The summed E-state index contributed by atoms with van der Waals surface area (Å²) in [5, 5.41) is 11.3. The van der Waals surface area contributed by atoms with Crippen LogP contribution in [0.25, 0.3) is 11.5 Å². The summed E-state index contributed by atoms with van der Waals surface area (Å²) in [5.41, 5.74) is 1.77. The molecule has 0 aliphatic carbocycles. The van der Waals surface area contributed by atoms with E-state index in [1.807, 2.05) is 49.4 Å².